The van der Waals surface area contributed by atoms with Crippen LogP contribution in [-0.4, -0.2) is 24.7 Å². The Kier molecular flexibility index (Phi) is 6.96. The van der Waals surface area contributed by atoms with Crippen LogP contribution in [0.2, 0.25) is 10.0 Å². The smallest absolute Gasteiger partial charge is 0.176 e. The molecule has 5 rings (SSSR count). The molecule has 182 valence electrons. The van der Waals surface area contributed by atoms with Gasteiger partial charge in [-0.3, -0.25) is 9.36 Å². The van der Waals surface area contributed by atoms with E-state index >= 15 is 0 Å². The van der Waals surface area contributed by atoms with E-state index in [1.165, 1.54) is 16.3 Å². The number of benzene rings is 3. The minimum absolute atomic E-state index is 0.450. The van der Waals surface area contributed by atoms with E-state index in [0.717, 1.165) is 22.6 Å². The van der Waals surface area contributed by atoms with Gasteiger partial charge in [0.05, 0.1) is 40.2 Å². The molecule has 3 aromatic carbocycles. The number of aryl methyl sites for hydroxylation is 1. The maximum Gasteiger partial charge on any atom is 0.176 e. The first kappa shape index (κ1) is 24.3. The van der Waals surface area contributed by atoms with Gasteiger partial charge >= 0.3 is 0 Å². The summed E-state index contributed by atoms with van der Waals surface area (Å²) in [6.07, 6.45) is 1.94. The fourth-order valence-corrected chi connectivity index (χ4v) is 4.75. The lowest BCUT2D eigenvalue weighted by Gasteiger charge is -2.10. The van der Waals surface area contributed by atoms with Crippen molar-refractivity contribution in [1.29, 1.82) is 0 Å². The van der Waals surface area contributed by atoms with Crippen molar-refractivity contribution in [3.05, 3.63) is 105 Å². The standard InChI is InChI=1S/C27H24Cl2N6S/c1-17-26(18(2)35(32-17)15-19-10-11-23(28)24(29)14-19)31-27(36)30-25-12-13-34(33-25)16-21-8-5-7-20-6-3-4-9-22(20)21/h3-14H,15-16H2,1-2H3,(H2,30,31,33,36). The van der Waals surface area contributed by atoms with Gasteiger partial charge in [0.1, 0.15) is 0 Å². The zero-order chi connectivity index (χ0) is 25.2. The van der Waals surface area contributed by atoms with E-state index in [9.17, 15) is 0 Å². The van der Waals surface area contributed by atoms with Crippen LogP contribution in [0.25, 0.3) is 10.8 Å². The quantitative estimate of drug-likeness (QED) is 0.228. The second kappa shape index (κ2) is 10.3. The first-order valence-corrected chi connectivity index (χ1v) is 12.6. The van der Waals surface area contributed by atoms with Crippen LogP contribution < -0.4 is 10.6 Å². The number of hydrogen-bond acceptors (Lipinski definition) is 3. The highest BCUT2D eigenvalue weighted by atomic mass is 35.5. The SMILES string of the molecule is Cc1nn(Cc2ccc(Cl)c(Cl)c2)c(C)c1NC(=S)Nc1ccn(Cc2cccc3ccccc23)n1. The topological polar surface area (TPSA) is 59.7 Å². The predicted molar refractivity (Wildman–Crippen MR) is 152 cm³/mol. The van der Waals surface area contributed by atoms with Crippen molar-refractivity contribution in [2.45, 2.75) is 26.9 Å². The number of aromatic nitrogens is 4. The maximum absolute atomic E-state index is 6.17. The number of rotatable bonds is 6. The average Bonchev–Trinajstić information content (AvgIpc) is 3.40. The third-order valence-corrected chi connectivity index (χ3v) is 6.97. The molecule has 0 aliphatic carbocycles. The summed E-state index contributed by atoms with van der Waals surface area (Å²) in [6.45, 7) is 5.19. The molecule has 0 aliphatic heterocycles. The predicted octanol–water partition coefficient (Wildman–Crippen LogP) is 7.06. The van der Waals surface area contributed by atoms with Crippen LogP contribution in [0.3, 0.4) is 0 Å². The van der Waals surface area contributed by atoms with E-state index in [2.05, 4.69) is 63.3 Å². The monoisotopic (exact) mass is 534 g/mol. The molecule has 2 heterocycles. The van der Waals surface area contributed by atoms with Gasteiger partial charge in [-0.25, -0.2) is 0 Å². The molecule has 5 aromatic rings. The normalized spacial score (nSPS) is 11.1. The third kappa shape index (κ3) is 5.23. The lowest BCUT2D eigenvalue weighted by atomic mass is 10.0. The molecule has 9 heteroatoms. The first-order chi connectivity index (χ1) is 17.4. The van der Waals surface area contributed by atoms with Gasteiger partial charge in [-0.2, -0.15) is 10.2 Å². The Bertz CT molecular complexity index is 1570. The highest BCUT2D eigenvalue weighted by Gasteiger charge is 2.14. The van der Waals surface area contributed by atoms with Gasteiger partial charge in [-0.05, 0) is 60.1 Å². The summed E-state index contributed by atoms with van der Waals surface area (Å²) in [5.41, 5.74) is 4.90. The van der Waals surface area contributed by atoms with E-state index < -0.39 is 0 Å². The zero-order valence-corrected chi connectivity index (χ0v) is 22.1. The third-order valence-electron chi connectivity index (χ3n) is 6.03. The molecule has 0 aliphatic rings. The molecule has 0 saturated heterocycles. The van der Waals surface area contributed by atoms with Gasteiger partial charge in [0.25, 0.3) is 0 Å². The summed E-state index contributed by atoms with van der Waals surface area (Å²) >= 11 is 17.8. The summed E-state index contributed by atoms with van der Waals surface area (Å²) in [5.74, 6) is 0.672. The summed E-state index contributed by atoms with van der Waals surface area (Å²) in [4.78, 5) is 0. The highest BCUT2D eigenvalue weighted by Crippen LogP contribution is 2.25. The molecule has 0 radical (unpaired) electrons. The van der Waals surface area contributed by atoms with Gasteiger partial charge in [0.15, 0.2) is 10.9 Å². The van der Waals surface area contributed by atoms with Crippen LogP contribution >= 0.6 is 35.4 Å². The van der Waals surface area contributed by atoms with Gasteiger partial charge in [-0.1, -0.05) is 71.7 Å². The number of thiocarbonyl (C=S) groups is 1. The molecule has 36 heavy (non-hydrogen) atoms. The fourth-order valence-electron chi connectivity index (χ4n) is 4.23. The van der Waals surface area contributed by atoms with Gasteiger partial charge in [-0.15, -0.1) is 0 Å². The summed E-state index contributed by atoms with van der Waals surface area (Å²) in [5, 5.41) is 19.7. The molecule has 0 saturated carbocycles. The average molecular weight is 536 g/mol. The van der Waals surface area contributed by atoms with Gasteiger partial charge < -0.3 is 10.6 Å². The molecule has 0 bridgehead atoms. The van der Waals surface area contributed by atoms with Crippen LogP contribution in [0, 0.1) is 13.8 Å². The molecular formula is C27H24Cl2N6S. The number of halogens is 2. The Balaban J connectivity index is 1.25. The minimum Gasteiger partial charge on any atom is -0.329 e. The highest BCUT2D eigenvalue weighted by molar-refractivity contribution is 7.80. The van der Waals surface area contributed by atoms with Crippen molar-refractivity contribution in [3.8, 4) is 0 Å². The molecule has 0 atom stereocenters. The Morgan fingerprint density at radius 1 is 0.889 bits per heavy atom. The lowest BCUT2D eigenvalue weighted by molar-refractivity contribution is 0.659. The van der Waals surface area contributed by atoms with Crippen molar-refractivity contribution in [1.82, 2.24) is 19.6 Å². The largest absolute Gasteiger partial charge is 0.329 e. The molecule has 0 fully saturated rings. The van der Waals surface area contributed by atoms with Crippen molar-refractivity contribution in [2.24, 2.45) is 0 Å². The van der Waals surface area contributed by atoms with E-state index in [0.29, 0.717) is 34.1 Å². The van der Waals surface area contributed by atoms with Crippen molar-refractivity contribution >= 4 is 62.8 Å². The molecule has 0 unspecified atom stereocenters. The number of fused-ring (bicyclic) bond motifs is 1. The maximum atomic E-state index is 6.17. The summed E-state index contributed by atoms with van der Waals surface area (Å²) in [6, 6.07) is 22.2. The minimum atomic E-state index is 0.450. The summed E-state index contributed by atoms with van der Waals surface area (Å²) < 4.78 is 3.82. The lowest BCUT2D eigenvalue weighted by Crippen LogP contribution is -2.20. The zero-order valence-electron chi connectivity index (χ0n) is 19.8. The van der Waals surface area contributed by atoms with Crippen LogP contribution in [0.15, 0.2) is 72.9 Å². The number of nitrogens with zero attached hydrogens (tertiary/aromatic N) is 4. The van der Waals surface area contributed by atoms with Crippen molar-refractivity contribution in [3.63, 3.8) is 0 Å². The van der Waals surface area contributed by atoms with Gasteiger partial charge in [0, 0.05) is 12.3 Å². The number of anilines is 2. The van der Waals surface area contributed by atoms with Crippen molar-refractivity contribution < 1.29 is 0 Å². The Labute approximate surface area is 224 Å². The second-order valence-electron chi connectivity index (χ2n) is 8.57. The molecule has 6 nitrogen and oxygen atoms in total. The first-order valence-electron chi connectivity index (χ1n) is 11.4. The Morgan fingerprint density at radius 2 is 1.69 bits per heavy atom. The molecule has 2 N–H and O–H groups in total. The Morgan fingerprint density at radius 3 is 2.53 bits per heavy atom. The van der Waals surface area contributed by atoms with E-state index in [4.69, 9.17) is 35.4 Å². The van der Waals surface area contributed by atoms with Crippen LogP contribution in [0.1, 0.15) is 22.5 Å². The van der Waals surface area contributed by atoms with Crippen LogP contribution in [0.4, 0.5) is 11.5 Å². The summed E-state index contributed by atoms with van der Waals surface area (Å²) in [7, 11) is 0. The van der Waals surface area contributed by atoms with Crippen LogP contribution in [0.5, 0.6) is 0 Å². The second-order valence-corrected chi connectivity index (χ2v) is 9.79. The molecule has 0 amide bonds. The number of nitrogens with one attached hydrogen (secondary N) is 2. The van der Waals surface area contributed by atoms with Crippen molar-refractivity contribution in [2.75, 3.05) is 10.6 Å². The molecular weight excluding hydrogens is 511 g/mol. The van der Waals surface area contributed by atoms with E-state index in [1.54, 1.807) is 6.07 Å². The Hall–Kier alpha value is -3.39. The number of hydrogen-bond donors (Lipinski definition) is 2. The fraction of sp³-hybridized carbons (Fsp3) is 0.148. The molecule has 2 aromatic heterocycles. The van der Waals surface area contributed by atoms with Crippen LogP contribution in [-0.2, 0) is 13.1 Å². The van der Waals surface area contributed by atoms with E-state index in [-0.39, 0.29) is 0 Å². The van der Waals surface area contributed by atoms with E-state index in [1.807, 2.05) is 47.6 Å². The molecule has 0 spiro atoms. The van der Waals surface area contributed by atoms with Gasteiger partial charge in [0.2, 0.25) is 0 Å².